The lowest BCUT2D eigenvalue weighted by Crippen LogP contribution is -2.12. The SMILES string of the molecule is NS(=O)(=O)c1ccc(-c2cnn3c(O)ncnc23)cc1Cl. The Balaban J connectivity index is 2.20. The van der Waals surface area contributed by atoms with Gasteiger partial charge in [0.1, 0.15) is 11.2 Å². The van der Waals surface area contributed by atoms with E-state index < -0.39 is 10.0 Å². The predicted octanol–water partition coefficient (Wildman–Crippen LogP) is 0.798. The molecule has 3 aromatic rings. The average molecular weight is 326 g/mol. The number of nitrogens with zero attached hydrogens (tertiary/aromatic N) is 4. The summed E-state index contributed by atoms with van der Waals surface area (Å²) >= 11 is 5.94. The van der Waals surface area contributed by atoms with Gasteiger partial charge in [-0.2, -0.15) is 14.6 Å². The number of primary sulfonamides is 1. The fourth-order valence-electron chi connectivity index (χ4n) is 1.91. The minimum absolute atomic E-state index is 0.00683. The molecule has 0 amide bonds. The van der Waals surface area contributed by atoms with Crippen LogP contribution >= 0.6 is 11.6 Å². The van der Waals surface area contributed by atoms with Crippen molar-refractivity contribution in [1.82, 2.24) is 19.6 Å². The molecule has 0 radical (unpaired) electrons. The van der Waals surface area contributed by atoms with E-state index in [9.17, 15) is 13.5 Å². The fourth-order valence-corrected chi connectivity index (χ4v) is 3.00. The van der Waals surface area contributed by atoms with E-state index in [0.717, 1.165) is 4.52 Å². The molecule has 0 unspecified atom stereocenters. The van der Waals surface area contributed by atoms with Gasteiger partial charge in [0.2, 0.25) is 10.0 Å². The van der Waals surface area contributed by atoms with E-state index in [1.807, 2.05) is 0 Å². The lowest BCUT2D eigenvalue weighted by atomic mass is 10.1. The summed E-state index contributed by atoms with van der Waals surface area (Å²) in [6.45, 7) is 0. The summed E-state index contributed by atoms with van der Waals surface area (Å²) in [6, 6.07) is 3.97. The maximum Gasteiger partial charge on any atom is 0.318 e. The number of hydrogen-bond acceptors (Lipinski definition) is 6. The smallest absolute Gasteiger partial charge is 0.318 e. The molecular formula is C11H8ClN5O3S. The van der Waals surface area contributed by atoms with Gasteiger partial charge < -0.3 is 5.11 Å². The zero-order chi connectivity index (χ0) is 15.2. The Morgan fingerprint density at radius 1 is 1.29 bits per heavy atom. The summed E-state index contributed by atoms with van der Waals surface area (Å²) in [5, 5.41) is 18.6. The van der Waals surface area contributed by atoms with Gasteiger partial charge in [-0.25, -0.2) is 18.5 Å². The first-order valence-corrected chi connectivity index (χ1v) is 7.51. The standard InChI is InChI=1S/C11H8ClN5O3S/c12-8-3-6(1-2-9(8)21(13,19)20)7-4-16-17-10(7)14-5-15-11(17)18/h1-5H,(H2,13,19,20)(H,14,15,18). The van der Waals surface area contributed by atoms with Crippen LogP contribution in [0.3, 0.4) is 0 Å². The molecule has 3 N–H and O–H groups in total. The van der Waals surface area contributed by atoms with E-state index >= 15 is 0 Å². The van der Waals surface area contributed by atoms with E-state index in [2.05, 4.69) is 15.1 Å². The topological polar surface area (TPSA) is 123 Å². The maximum atomic E-state index is 11.3. The summed E-state index contributed by atoms with van der Waals surface area (Å²) < 4.78 is 23.8. The van der Waals surface area contributed by atoms with Crippen molar-refractivity contribution in [2.24, 2.45) is 5.14 Å². The third-order valence-electron chi connectivity index (χ3n) is 2.84. The molecule has 10 heteroatoms. The Morgan fingerprint density at radius 2 is 2.05 bits per heavy atom. The second-order valence-electron chi connectivity index (χ2n) is 4.16. The van der Waals surface area contributed by atoms with Crippen LogP contribution in [0.25, 0.3) is 16.8 Å². The van der Waals surface area contributed by atoms with Gasteiger partial charge in [-0.15, -0.1) is 0 Å². The van der Waals surface area contributed by atoms with Crippen molar-refractivity contribution in [3.63, 3.8) is 0 Å². The Morgan fingerprint density at radius 3 is 2.71 bits per heavy atom. The highest BCUT2D eigenvalue weighted by Crippen LogP contribution is 2.30. The molecule has 0 saturated heterocycles. The van der Waals surface area contributed by atoms with Gasteiger partial charge in [0, 0.05) is 5.56 Å². The van der Waals surface area contributed by atoms with Crippen LogP contribution in [-0.2, 0) is 10.0 Å². The minimum Gasteiger partial charge on any atom is -0.479 e. The highest BCUT2D eigenvalue weighted by molar-refractivity contribution is 7.89. The minimum atomic E-state index is -3.89. The van der Waals surface area contributed by atoms with E-state index in [4.69, 9.17) is 16.7 Å². The largest absolute Gasteiger partial charge is 0.479 e. The summed E-state index contributed by atoms with van der Waals surface area (Å²) in [5.41, 5.74) is 1.51. The average Bonchev–Trinajstić information content (AvgIpc) is 2.82. The van der Waals surface area contributed by atoms with E-state index in [1.165, 1.54) is 30.7 Å². The van der Waals surface area contributed by atoms with Crippen LogP contribution in [0.15, 0.2) is 35.6 Å². The number of nitrogens with two attached hydrogens (primary N) is 1. The van der Waals surface area contributed by atoms with Gasteiger partial charge in [0.05, 0.1) is 11.2 Å². The summed E-state index contributed by atoms with van der Waals surface area (Å²) in [7, 11) is -3.89. The van der Waals surface area contributed by atoms with Crippen LogP contribution in [0.2, 0.25) is 5.02 Å². The highest BCUT2D eigenvalue weighted by Gasteiger charge is 2.16. The summed E-state index contributed by atoms with van der Waals surface area (Å²) in [4.78, 5) is 7.46. The van der Waals surface area contributed by atoms with Gasteiger partial charge >= 0.3 is 6.01 Å². The Kier molecular flexibility index (Phi) is 3.04. The number of rotatable bonds is 2. The first kappa shape index (κ1) is 13.7. The molecule has 0 bridgehead atoms. The molecule has 8 nitrogen and oxygen atoms in total. The number of aromatic hydroxyl groups is 1. The highest BCUT2D eigenvalue weighted by atomic mass is 35.5. The van der Waals surface area contributed by atoms with Gasteiger partial charge in [-0.05, 0) is 17.7 Å². The van der Waals surface area contributed by atoms with Crippen LogP contribution in [0, 0.1) is 0 Å². The molecule has 0 atom stereocenters. The van der Waals surface area contributed by atoms with Gasteiger partial charge in [-0.1, -0.05) is 17.7 Å². The Hall–Kier alpha value is -2.23. The maximum absolute atomic E-state index is 11.3. The number of fused-ring (bicyclic) bond motifs is 1. The molecule has 0 spiro atoms. The zero-order valence-corrected chi connectivity index (χ0v) is 11.9. The second-order valence-corrected chi connectivity index (χ2v) is 6.09. The number of aromatic nitrogens is 4. The molecule has 0 aliphatic heterocycles. The molecule has 21 heavy (non-hydrogen) atoms. The Labute approximate surface area is 123 Å². The molecule has 0 fully saturated rings. The van der Waals surface area contributed by atoms with Crippen molar-refractivity contribution < 1.29 is 13.5 Å². The molecular weight excluding hydrogens is 318 g/mol. The van der Waals surface area contributed by atoms with Crippen LogP contribution in [0.5, 0.6) is 6.01 Å². The van der Waals surface area contributed by atoms with Crippen molar-refractivity contribution in [2.45, 2.75) is 4.90 Å². The molecule has 0 aliphatic carbocycles. The predicted molar refractivity (Wildman–Crippen MR) is 74.3 cm³/mol. The number of halogens is 1. The molecule has 0 saturated carbocycles. The molecule has 2 aromatic heterocycles. The fraction of sp³-hybridized carbons (Fsp3) is 0. The quantitative estimate of drug-likeness (QED) is 0.718. The third kappa shape index (κ3) is 2.31. The first-order chi connectivity index (χ1) is 9.88. The van der Waals surface area contributed by atoms with E-state index in [0.29, 0.717) is 16.8 Å². The molecule has 1 aromatic carbocycles. The van der Waals surface area contributed by atoms with E-state index in [1.54, 1.807) is 0 Å². The summed E-state index contributed by atoms with van der Waals surface area (Å²) in [5.74, 6) is 0. The van der Waals surface area contributed by atoms with Crippen LogP contribution in [-0.4, -0.2) is 33.1 Å². The lowest BCUT2D eigenvalue weighted by Gasteiger charge is -2.04. The van der Waals surface area contributed by atoms with Gasteiger partial charge in [0.15, 0.2) is 5.65 Å². The third-order valence-corrected chi connectivity index (χ3v) is 4.23. The van der Waals surface area contributed by atoms with Crippen LogP contribution < -0.4 is 5.14 Å². The van der Waals surface area contributed by atoms with Crippen LogP contribution in [0.1, 0.15) is 0 Å². The zero-order valence-electron chi connectivity index (χ0n) is 10.3. The van der Waals surface area contributed by atoms with Crippen molar-refractivity contribution in [1.29, 1.82) is 0 Å². The van der Waals surface area contributed by atoms with E-state index in [-0.39, 0.29) is 15.9 Å². The number of sulfonamides is 1. The monoisotopic (exact) mass is 325 g/mol. The van der Waals surface area contributed by atoms with Gasteiger partial charge in [0.25, 0.3) is 0 Å². The molecule has 0 aliphatic rings. The van der Waals surface area contributed by atoms with Crippen LogP contribution in [0.4, 0.5) is 0 Å². The van der Waals surface area contributed by atoms with Crippen molar-refractivity contribution >= 4 is 27.3 Å². The van der Waals surface area contributed by atoms with Crippen molar-refractivity contribution in [3.05, 3.63) is 35.7 Å². The first-order valence-electron chi connectivity index (χ1n) is 5.58. The number of benzene rings is 1. The second kappa shape index (κ2) is 4.65. The molecule has 108 valence electrons. The summed E-state index contributed by atoms with van der Waals surface area (Å²) in [6.07, 6.45) is 2.65. The lowest BCUT2D eigenvalue weighted by molar-refractivity contribution is 0.411. The normalized spacial score (nSPS) is 11.9. The van der Waals surface area contributed by atoms with Crippen molar-refractivity contribution in [3.8, 4) is 17.1 Å². The Bertz CT molecular complexity index is 954. The molecule has 2 heterocycles. The molecule has 3 rings (SSSR count). The van der Waals surface area contributed by atoms with Crippen molar-refractivity contribution in [2.75, 3.05) is 0 Å². The van der Waals surface area contributed by atoms with Gasteiger partial charge in [-0.3, -0.25) is 0 Å². The number of hydrogen-bond donors (Lipinski definition) is 2.